The molecular weight excluding hydrogens is 364 g/mol. The summed E-state index contributed by atoms with van der Waals surface area (Å²) in [4.78, 5) is 23.4. The Morgan fingerprint density at radius 1 is 0.643 bits per heavy atom. The minimum atomic E-state index is -0.400. The van der Waals surface area contributed by atoms with Crippen LogP contribution < -0.4 is 10.6 Å². The van der Waals surface area contributed by atoms with Crippen LogP contribution in [0.5, 0.6) is 23.0 Å². The maximum Gasteiger partial charge on any atom is 0.244 e. The zero-order valence-electron chi connectivity index (χ0n) is 14.8. The maximum absolute atomic E-state index is 11.7. The lowest BCUT2D eigenvalue weighted by Gasteiger charge is -2.03. The highest BCUT2D eigenvalue weighted by Crippen LogP contribution is 2.21. The monoisotopic (exact) mass is 384 g/mol. The van der Waals surface area contributed by atoms with Crippen molar-refractivity contribution in [3.63, 3.8) is 0 Å². The van der Waals surface area contributed by atoms with Crippen LogP contribution in [0.3, 0.4) is 0 Å². The van der Waals surface area contributed by atoms with E-state index >= 15 is 0 Å². The van der Waals surface area contributed by atoms with Crippen LogP contribution in [0.1, 0.15) is 11.1 Å². The summed E-state index contributed by atoms with van der Waals surface area (Å²) in [5, 5.41) is 42.6. The van der Waals surface area contributed by atoms with Crippen LogP contribution in [0.25, 0.3) is 12.2 Å². The molecule has 0 heterocycles. The smallest absolute Gasteiger partial charge is 0.244 e. The Hall–Kier alpha value is -3.94. The lowest BCUT2D eigenvalue weighted by molar-refractivity contribution is -0.118. The number of benzene rings is 2. The van der Waals surface area contributed by atoms with Gasteiger partial charge < -0.3 is 31.1 Å². The Morgan fingerprint density at radius 2 is 0.964 bits per heavy atom. The van der Waals surface area contributed by atoms with E-state index in [9.17, 15) is 30.0 Å². The number of phenolic OH excluding ortho intramolecular Hbond substituents is 4. The Balaban J connectivity index is 1.72. The predicted octanol–water partition coefficient (Wildman–Crippen LogP) is 1.47. The molecule has 0 radical (unpaired) electrons. The van der Waals surface area contributed by atoms with Gasteiger partial charge in [-0.2, -0.15) is 0 Å². The molecule has 8 heteroatoms. The van der Waals surface area contributed by atoms with E-state index in [0.29, 0.717) is 11.1 Å². The average molecular weight is 384 g/mol. The molecule has 2 aromatic carbocycles. The quantitative estimate of drug-likeness (QED) is 0.316. The van der Waals surface area contributed by atoms with Crippen LogP contribution in [-0.4, -0.2) is 45.3 Å². The Labute approximate surface area is 161 Å². The summed E-state index contributed by atoms with van der Waals surface area (Å²) >= 11 is 0. The number of carbonyl (C=O) groups is 2. The first-order valence-corrected chi connectivity index (χ1v) is 8.30. The van der Waals surface area contributed by atoms with Crippen molar-refractivity contribution in [2.24, 2.45) is 0 Å². The van der Waals surface area contributed by atoms with Gasteiger partial charge in [0.2, 0.25) is 11.8 Å². The minimum absolute atomic E-state index is 0.114. The molecular formula is C20H20N2O6. The molecule has 0 fully saturated rings. The largest absolute Gasteiger partial charge is 0.508 e. The molecule has 0 aliphatic rings. The van der Waals surface area contributed by atoms with Gasteiger partial charge >= 0.3 is 0 Å². The summed E-state index contributed by atoms with van der Waals surface area (Å²) in [5.74, 6) is -1.26. The molecule has 2 amide bonds. The second kappa shape index (κ2) is 9.67. The molecule has 6 N–H and O–H groups in total. The van der Waals surface area contributed by atoms with Gasteiger partial charge in [-0.3, -0.25) is 9.59 Å². The Bertz CT molecular complexity index is 805. The van der Waals surface area contributed by atoms with Crippen molar-refractivity contribution < 1.29 is 30.0 Å². The summed E-state index contributed by atoms with van der Waals surface area (Å²) in [6.07, 6.45) is 5.34. The number of amides is 2. The molecule has 0 saturated carbocycles. The molecule has 0 spiro atoms. The van der Waals surface area contributed by atoms with Gasteiger partial charge in [0.05, 0.1) is 0 Å². The fraction of sp³-hybridized carbons (Fsp3) is 0.100. The molecule has 2 aromatic rings. The highest BCUT2D eigenvalue weighted by atomic mass is 16.3. The zero-order valence-corrected chi connectivity index (χ0v) is 14.8. The van der Waals surface area contributed by atoms with E-state index in [-0.39, 0.29) is 36.1 Å². The minimum Gasteiger partial charge on any atom is -0.508 e. The third-order valence-corrected chi connectivity index (χ3v) is 3.43. The maximum atomic E-state index is 11.7. The number of carbonyl (C=O) groups excluding carboxylic acids is 2. The average Bonchev–Trinajstić information content (AvgIpc) is 2.60. The van der Waals surface area contributed by atoms with Crippen LogP contribution >= 0.6 is 0 Å². The second-order valence-electron chi connectivity index (χ2n) is 5.81. The molecule has 0 aliphatic carbocycles. The molecule has 0 saturated heterocycles. The van der Waals surface area contributed by atoms with Gasteiger partial charge in [0, 0.05) is 37.4 Å². The fourth-order valence-electron chi connectivity index (χ4n) is 2.26. The van der Waals surface area contributed by atoms with E-state index in [1.807, 2.05) is 0 Å². The summed E-state index contributed by atoms with van der Waals surface area (Å²) in [5.41, 5.74) is 0.924. The van der Waals surface area contributed by atoms with Crippen LogP contribution in [-0.2, 0) is 9.59 Å². The van der Waals surface area contributed by atoms with E-state index in [0.717, 1.165) is 0 Å². The van der Waals surface area contributed by atoms with E-state index in [4.69, 9.17) is 0 Å². The third-order valence-electron chi connectivity index (χ3n) is 3.43. The topological polar surface area (TPSA) is 139 Å². The Kier molecular flexibility index (Phi) is 7.04. The van der Waals surface area contributed by atoms with E-state index in [2.05, 4.69) is 10.6 Å². The molecule has 8 nitrogen and oxygen atoms in total. The number of rotatable bonds is 7. The molecule has 0 unspecified atom stereocenters. The molecule has 28 heavy (non-hydrogen) atoms. The molecule has 0 atom stereocenters. The summed E-state index contributed by atoms with van der Waals surface area (Å²) in [7, 11) is 0. The first-order chi connectivity index (χ1) is 13.3. The molecule has 146 valence electrons. The van der Waals surface area contributed by atoms with Gasteiger partial charge in [0.1, 0.15) is 23.0 Å². The van der Waals surface area contributed by atoms with Crippen molar-refractivity contribution >= 4 is 24.0 Å². The highest BCUT2D eigenvalue weighted by molar-refractivity contribution is 5.92. The van der Waals surface area contributed by atoms with Gasteiger partial charge in [0.25, 0.3) is 0 Å². The standard InChI is InChI=1S/C20H20N2O6/c23-15-7-13(8-16(24)11-15)1-3-19(27)21-5-6-22-20(28)4-2-14-9-17(25)12-18(26)10-14/h1-4,7-12,23-26H,5-6H2,(H,21,27)(H,22,28)/b3-1+,4-2+. The van der Waals surface area contributed by atoms with Crippen molar-refractivity contribution in [3.8, 4) is 23.0 Å². The van der Waals surface area contributed by atoms with Crippen LogP contribution in [0, 0.1) is 0 Å². The van der Waals surface area contributed by atoms with E-state index in [1.54, 1.807) is 0 Å². The van der Waals surface area contributed by atoms with Crippen molar-refractivity contribution in [1.82, 2.24) is 10.6 Å². The molecule has 0 bridgehead atoms. The lowest BCUT2D eigenvalue weighted by Crippen LogP contribution is -2.33. The van der Waals surface area contributed by atoms with Gasteiger partial charge in [0.15, 0.2) is 0 Å². The van der Waals surface area contributed by atoms with Crippen molar-refractivity contribution in [2.75, 3.05) is 13.1 Å². The first-order valence-electron chi connectivity index (χ1n) is 8.30. The van der Waals surface area contributed by atoms with Crippen LogP contribution in [0.15, 0.2) is 48.6 Å². The van der Waals surface area contributed by atoms with Crippen LogP contribution in [0.2, 0.25) is 0 Å². The number of hydrogen-bond acceptors (Lipinski definition) is 6. The van der Waals surface area contributed by atoms with E-state index < -0.39 is 11.8 Å². The predicted molar refractivity (Wildman–Crippen MR) is 104 cm³/mol. The van der Waals surface area contributed by atoms with Gasteiger partial charge in [-0.1, -0.05) is 0 Å². The van der Waals surface area contributed by atoms with Crippen molar-refractivity contribution in [2.45, 2.75) is 0 Å². The van der Waals surface area contributed by atoms with Crippen molar-refractivity contribution in [1.29, 1.82) is 0 Å². The van der Waals surface area contributed by atoms with E-state index in [1.165, 1.54) is 60.7 Å². The number of nitrogens with one attached hydrogen (secondary N) is 2. The Morgan fingerprint density at radius 3 is 1.29 bits per heavy atom. The van der Waals surface area contributed by atoms with Crippen LogP contribution in [0.4, 0.5) is 0 Å². The third kappa shape index (κ3) is 7.12. The number of aromatic hydroxyl groups is 4. The number of hydrogen-bond donors (Lipinski definition) is 6. The summed E-state index contributed by atoms with van der Waals surface area (Å²) in [6.45, 7) is 0.391. The first kappa shape index (κ1) is 20.4. The van der Waals surface area contributed by atoms with Gasteiger partial charge in [-0.15, -0.1) is 0 Å². The molecule has 2 rings (SSSR count). The zero-order chi connectivity index (χ0) is 20.5. The fourth-order valence-corrected chi connectivity index (χ4v) is 2.26. The molecule has 0 aromatic heterocycles. The summed E-state index contributed by atoms with van der Waals surface area (Å²) < 4.78 is 0. The second-order valence-corrected chi connectivity index (χ2v) is 5.81. The summed E-state index contributed by atoms with van der Waals surface area (Å²) in [6, 6.07) is 7.92. The van der Waals surface area contributed by atoms with Crippen molar-refractivity contribution in [3.05, 3.63) is 59.7 Å². The highest BCUT2D eigenvalue weighted by Gasteiger charge is 2.00. The van der Waals surface area contributed by atoms with Gasteiger partial charge in [-0.05, 0) is 47.5 Å². The number of phenols is 4. The normalized spacial score (nSPS) is 11.0. The van der Waals surface area contributed by atoms with Gasteiger partial charge in [-0.25, -0.2) is 0 Å². The SMILES string of the molecule is O=C(/C=C/c1cc(O)cc(O)c1)NCCNC(=O)/C=C/c1cc(O)cc(O)c1. The lowest BCUT2D eigenvalue weighted by atomic mass is 10.2. The molecule has 0 aliphatic heterocycles.